The summed E-state index contributed by atoms with van der Waals surface area (Å²) < 4.78 is 2.67. The molecule has 1 N–H and O–H groups in total. The smallest absolute Gasteiger partial charge is 0.139 e. The molecule has 2 rings (SSSR count). The number of allylic oxidation sites excluding steroid dienone is 1. The molecule has 0 spiro atoms. The van der Waals surface area contributed by atoms with Gasteiger partial charge >= 0.3 is 0 Å². The summed E-state index contributed by atoms with van der Waals surface area (Å²) in [5.74, 6) is 1.14. The minimum Gasteiger partial charge on any atom is -0.411 e. The highest BCUT2D eigenvalue weighted by molar-refractivity contribution is 6.99. The van der Waals surface area contributed by atoms with E-state index in [2.05, 4.69) is 85.8 Å². The molecule has 0 aliphatic carbocycles. The second-order valence-corrected chi connectivity index (χ2v) is 19.4. The van der Waals surface area contributed by atoms with Gasteiger partial charge in [0.05, 0.1) is 5.82 Å². The summed E-state index contributed by atoms with van der Waals surface area (Å²) in [7, 11) is -3.30. The molecule has 0 aliphatic rings. The van der Waals surface area contributed by atoms with Crippen LogP contribution in [0.15, 0.2) is 36.4 Å². The minimum atomic E-state index is -1.65. The summed E-state index contributed by atoms with van der Waals surface area (Å²) in [6.45, 7) is 16.6. The Hall–Kier alpha value is -2.04. The van der Waals surface area contributed by atoms with Crippen molar-refractivity contribution < 1.29 is 0 Å². The molecule has 1 aromatic heterocycles. The van der Waals surface area contributed by atoms with Gasteiger partial charge in [-0.25, -0.2) is 0 Å². The SMILES string of the molecule is CCCC/C=C/c1c(N([Si](C)(C)C)[Si](C)(C)C)[nH]c(C#N)c1-c1ccccc1. The summed E-state index contributed by atoms with van der Waals surface area (Å²) in [4.78, 5) is 3.54. The van der Waals surface area contributed by atoms with Gasteiger partial charge in [-0.1, -0.05) is 102 Å². The van der Waals surface area contributed by atoms with Crippen molar-refractivity contribution in [1.82, 2.24) is 4.98 Å². The zero-order valence-corrected chi connectivity index (χ0v) is 20.6. The van der Waals surface area contributed by atoms with E-state index in [1.807, 2.05) is 18.2 Å². The number of unbranched alkanes of at least 4 members (excludes halogenated alkanes) is 2. The Morgan fingerprint density at radius 1 is 1.04 bits per heavy atom. The number of H-pyrrole nitrogens is 1. The van der Waals surface area contributed by atoms with Crippen molar-refractivity contribution >= 4 is 28.4 Å². The molecule has 0 unspecified atom stereocenters. The maximum absolute atomic E-state index is 9.91. The van der Waals surface area contributed by atoms with Gasteiger partial charge in [-0.05, 0) is 12.0 Å². The predicted molar refractivity (Wildman–Crippen MR) is 129 cm³/mol. The maximum atomic E-state index is 9.91. The predicted octanol–water partition coefficient (Wildman–Crippen LogP) is 7.23. The monoisotopic (exact) mass is 409 g/mol. The van der Waals surface area contributed by atoms with Crippen LogP contribution in [0, 0.1) is 11.3 Å². The van der Waals surface area contributed by atoms with E-state index in [9.17, 15) is 5.26 Å². The first-order valence-corrected chi connectivity index (χ1v) is 17.2. The molecule has 0 aliphatic heterocycles. The second kappa shape index (κ2) is 8.98. The fraction of sp³-hybridized carbons (Fsp3) is 0.435. The zero-order chi connectivity index (χ0) is 20.9. The summed E-state index contributed by atoms with van der Waals surface area (Å²) in [5, 5.41) is 9.91. The van der Waals surface area contributed by atoms with Crippen LogP contribution in [-0.2, 0) is 0 Å². The topological polar surface area (TPSA) is 42.8 Å². The van der Waals surface area contributed by atoms with Gasteiger partial charge in [-0.3, -0.25) is 0 Å². The van der Waals surface area contributed by atoms with Crippen LogP contribution < -0.4 is 4.23 Å². The third-order valence-corrected chi connectivity index (χ3v) is 11.9. The summed E-state index contributed by atoms with van der Waals surface area (Å²) in [5.41, 5.74) is 3.97. The molecular formula is C23H35N3Si2. The standard InChI is InChI=1S/C23H35N3Si2/c1-8-9-10-14-17-20-22(19-15-12-11-13-16-19)21(18-24)25-23(20)26(27(2,3)4)28(5,6)7/h11-17,25H,8-10H2,1-7H3/b17-14+. The molecule has 5 heteroatoms. The van der Waals surface area contributed by atoms with E-state index < -0.39 is 16.5 Å². The minimum absolute atomic E-state index is 0.665. The molecule has 150 valence electrons. The van der Waals surface area contributed by atoms with Crippen molar-refractivity contribution in [2.24, 2.45) is 0 Å². The quantitative estimate of drug-likeness (QED) is 0.369. The largest absolute Gasteiger partial charge is 0.411 e. The molecule has 3 nitrogen and oxygen atoms in total. The molecule has 0 bridgehead atoms. The Bertz CT molecular complexity index is 833. The number of nitrogens with zero attached hydrogens (tertiary/aromatic N) is 2. The van der Waals surface area contributed by atoms with Crippen LogP contribution in [0.2, 0.25) is 39.3 Å². The number of aromatic nitrogens is 1. The fourth-order valence-corrected chi connectivity index (χ4v) is 13.8. The van der Waals surface area contributed by atoms with E-state index in [-0.39, 0.29) is 0 Å². The number of rotatable bonds is 8. The van der Waals surface area contributed by atoms with Crippen molar-refractivity contribution in [3.8, 4) is 17.2 Å². The second-order valence-electron chi connectivity index (χ2n) is 9.34. The molecule has 0 saturated carbocycles. The van der Waals surface area contributed by atoms with Gasteiger partial charge in [0, 0.05) is 11.1 Å². The van der Waals surface area contributed by atoms with Gasteiger partial charge in [0.15, 0.2) is 0 Å². The van der Waals surface area contributed by atoms with Gasteiger partial charge in [0.25, 0.3) is 0 Å². The number of hydrogen-bond acceptors (Lipinski definition) is 2. The van der Waals surface area contributed by atoms with Crippen molar-refractivity contribution in [3.05, 3.63) is 47.7 Å². The van der Waals surface area contributed by atoms with Crippen molar-refractivity contribution in [3.63, 3.8) is 0 Å². The van der Waals surface area contributed by atoms with Crippen molar-refractivity contribution in [2.45, 2.75) is 65.5 Å². The average molecular weight is 410 g/mol. The highest BCUT2D eigenvalue weighted by Crippen LogP contribution is 2.39. The zero-order valence-electron chi connectivity index (χ0n) is 18.6. The van der Waals surface area contributed by atoms with Gasteiger partial charge < -0.3 is 9.22 Å². The molecule has 0 fully saturated rings. The first-order chi connectivity index (χ1) is 13.1. The number of anilines is 1. The molecule has 28 heavy (non-hydrogen) atoms. The van der Waals surface area contributed by atoms with Gasteiger partial charge in [-0.15, -0.1) is 0 Å². The number of nitrogens with one attached hydrogen (secondary N) is 1. The van der Waals surface area contributed by atoms with E-state index in [1.165, 1.54) is 18.4 Å². The number of hydrogen-bond donors (Lipinski definition) is 1. The van der Waals surface area contributed by atoms with Gasteiger partial charge in [0.1, 0.15) is 28.2 Å². The van der Waals surface area contributed by atoms with Gasteiger partial charge in [-0.2, -0.15) is 5.26 Å². The first kappa shape index (κ1) is 22.3. The normalized spacial score (nSPS) is 12.4. The van der Waals surface area contributed by atoms with E-state index in [0.29, 0.717) is 5.69 Å². The summed E-state index contributed by atoms with van der Waals surface area (Å²) in [6.07, 6.45) is 7.97. The molecule has 0 amide bonds. The number of nitriles is 1. The Kier molecular flexibility index (Phi) is 7.13. The molecular weight excluding hydrogens is 374 g/mol. The molecule has 1 heterocycles. The lowest BCUT2D eigenvalue weighted by molar-refractivity contribution is 0.816. The highest BCUT2D eigenvalue weighted by Gasteiger charge is 2.37. The number of aromatic amines is 1. The van der Waals surface area contributed by atoms with Crippen LogP contribution in [-0.4, -0.2) is 21.5 Å². The van der Waals surface area contributed by atoms with E-state index in [4.69, 9.17) is 0 Å². The van der Waals surface area contributed by atoms with Crippen LogP contribution in [0.25, 0.3) is 17.2 Å². The Labute approximate surface area is 173 Å². The third kappa shape index (κ3) is 5.06. The maximum Gasteiger partial charge on any atom is 0.139 e. The highest BCUT2D eigenvalue weighted by atomic mass is 28.4. The van der Waals surface area contributed by atoms with Crippen molar-refractivity contribution in [2.75, 3.05) is 4.23 Å². The summed E-state index contributed by atoms with van der Waals surface area (Å²) in [6, 6.07) is 12.7. The van der Waals surface area contributed by atoms with Crippen LogP contribution in [0.1, 0.15) is 37.4 Å². The van der Waals surface area contributed by atoms with E-state index in [1.54, 1.807) is 0 Å². The first-order valence-electron chi connectivity index (χ1n) is 10.3. The van der Waals surface area contributed by atoms with Crippen LogP contribution >= 0.6 is 0 Å². The van der Waals surface area contributed by atoms with Crippen LogP contribution in [0.5, 0.6) is 0 Å². The van der Waals surface area contributed by atoms with E-state index in [0.717, 1.165) is 23.4 Å². The number of benzene rings is 1. The lowest BCUT2D eigenvalue weighted by Crippen LogP contribution is -2.60. The molecule has 0 atom stereocenters. The molecule has 2 aromatic rings. The average Bonchev–Trinajstić information content (AvgIpc) is 2.95. The molecule has 1 aromatic carbocycles. The Morgan fingerprint density at radius 3 is 2.14 bits per heavy atom. The van der Waals surface area contributed by atoms with Crippen LogP contribution in [0.4, 0.5) is 5.82 Å². The van der Waals surface area contributed by atoms with Gasteiger partial charge in [0.2, 0.25) is 0 Å². The van der Waals surface area contributed by atoms with E-state index >= 15 is 0 Å². The van der Waals surface area contributed by atoms with Crippen LogP contribution in [0.3, 0.4) is 0 Å². The Balaban J connectivity index is 2.77. The fourth-order valence-electron chi connectivity index (χ4n) is 4.03. The van der Waals surface area contributed by atoms with Crippen molar-refractivity contribution in [1.29, 1.82) is 5.26 Å². The molecule has 0 saturated heterocycles. The summed E-state index contributed by atoms with van der Waals surface area (Å²) >= 11 is 0. The lowest BCUT2D eigenvalue weighted by Gasteiger charge is -2.45. The lowest BCUT2D eigenvalue weighted by atomic mass is 10.0. The molecule has 0 radical (unpaired) electrons. The Morgan fingerprint density at radius 2 is 1.64 bits per heavy atom. The third-order valence-electron chi connectivity index (χ3n) is 4.77.